The van der Waals surface area contributed by atoms with Gasteiger partial charge in [-0.25, -0.2) is 13.6 Å². The normalized spacial score (nSPS) is 18.2. The van der Waals surface area contributed by atoms with Gasteiger partial charge in [0.2, 0.25) is 5.91 Å². The second kappa shape index (κ2) is 8.81. The van der Waals surface area contributed by atoms with Crippen LogP contribution in [0.3, 0.4) is 0 Å². The molecular weight excluding hydrogens is 463 g/mol. The van der Waals surface area contributed by atoms with Gasteiger partial charge in [-0.3, -0.25) is 9.69 Å². The number of halogens is 6. The third-order valence-electron chi connectivity index (χ3n) is 4.77. The van der Waals surface area contributed by atoms with E-state index in [9.17, 15) is 36.6 Å². The van der Waals surface area contributed by atoms with Crippen molar-refractivity contribution >= 4 is 29.3 Å². The standard InChI is InChI=1S/C20H16ClF5N2O4/c21-14-9-11(27-17(29)15-10-19(22,23)7-8-28(15)18(30)31)5-6-12(14)13-3-1-2-4-16(13)32-20(24,25)26/h1-6,9,15H,7-8,10H2,(H,27,29)(H,30,31). The maximum atomic E-state index is 13.7. The molecule has 1 atom stereocenters. The number of rotatable bonds is 4. The average molecular weight is 479 g/mol. The van der Waals surface area contributed by atoms with Gasteiger partial charge in [-0.2, -0.15) is 0 Å². The number of alkyl halides is 5. The predicted molar refractivity (Wildman–Crippen MR) is 105 cm³/mol. The summed E-state index contributed by atoms with van der Waals surface area (Å²) in [4.78, 5) is 24.4. The summed E-state index contributed by atoms with van der Waals surface area (Å²) in [5, 5.41) is 11.5. The van der Waals surface area contributed by atoms with Gasteiger partial charge in [0.05, 0.1) is 5.02 Å². The predicted octanol–water partition coefficient (Wildman–Crippen LogP) is 5.62. The Morgan fingerprint density at radius 2 is 1.84 bits per heavy atom. The van der Waals surface area contributed by atoms with E-state index in [0.29, 0.717) is 4.90 Å². The average Bonchev–Trinajstić information content (AvgIpc) is 2.66. The van der Waals surface area contributed by atoms with Crippen LogP contribution in [0.4, 0.5) is 32.4 Å². The first-order valence-electron chi connectivity index (χ1n) is 9.19. The molecule has 1 aliphatic rings. The number of piperidine rings is 1. The highest BCUT2D eigenvalue weighted by Gasteiger charge is 2.45. The molecule has 1 saturated heterocycles. The number of hydrogen-bond acceptors (Lipinski definition) is 3. The molecule has 6 nitrogen and oxygen atoms in total. The molecule has 32 heavy (non-hydrogen) atoms. The Bertz CT molecular complexity index is 1030. The molecule has 2 amide bonds. The van der Waals surface area contributed by atoms with E-state index in [4.69, 9.17) is 11.6 Å². The van der Waals surface area contributed by atoms with Crippen molar-refractivity contribution in [3.8, 4) is 16.9 Å². The lowest BCUT2D eigenvalue weighted by Gasteiger charge is -2.36. The summed E-state index contributed by atoms with van der Waals surface area (Å²) < 4.78 is 69.5. The summed E-state index contributed by atoms with van der Waals surface area (Å²) >= 11 is 6.19. The van der Waals surface area contributed by atoms with Crippen molar-refractivity contribution < 1.29 is 41.4 Å². The number of carboxylic acid groups (broad SMARTS) is 1. The summed E-state index contributed by atoms with van der Waals surface area (Å²) in [7, 11) is 0. The highest BCUT2D eigenvalue weighted by molar-refractivity contribution is 6.33. The molecule has 12 heteroatoms. The molecule has 1 heterocycles. The van der Waals surface area contributed by atoms with Crippen LogP contribution in [0.25, 0.3) is 11.1 Å². The quantitative estimate of drug-likeness (QED) is 0.559. The topological polar surface area (TPSA) is 78.9 Å². The van der Waals surface area contributed by atoms with Crippen molar-refractivity contribution in [3.63, 3.8) is 0 Å². The van der Waals surface area contributed by atoms with E-state index in [2.05, 4.69) is 10.1 Å². The van der Waals surface area contributed by atoms with E-state index in [0.717, 1.165) is 6.07 Å². The Hall–Kier alpha value is -3.08. The zero-order valence-corrected chi connectivity index (χ0v) is 16.9. The second-order valence-corrected chi connectivity index (χ2v) is 7.44. The molecule has 2 aromatic carbocycles. The number of carbonyl (C=O) groups excluding carboxylic acids is 1. The Balaban J connectivity index is 1.83. The molecule has 0 radical (unpaired) electrons. The minimum Gasteiger partial charge on any atom is -0.465 e. The van der Waals surface area contributed by atoms with Crippen LogP contribution in [-0.2, 0) is 4.79 Å². The molecule has 0 aliphatic carbocycles. The number of nitrogens with zero attached hydrogens (tertiary/aromatic N) is 1. The lowest BCUT2D eigenvalue weighted by molar-refractivity contribution is -0.274. The third kappa shape index (κ3) is 5.58. The van der Waals surface area contributed by atoms with Gasteiger partial charge in [0.1, 0.15) is 11.8 Å². The maximum absolute atomic E-state index is 13.7. The van der Waals surface area contributed by atoms with Crippen LogP contribution in [0, 0.1) is 0 Å². The SMILES string of the molecule is O=C(Nc1ccc(-c2ccccc2OC(F)(F)F)c(Cl)c1)C1CC(F)(F)CCN1C(=O)O. The molecule has 1 aliphatic heterocycles. The van der Waals surface area contributed by atoms with Crippen molar-refractivity contribution in [2.24, 2.45) is 0 Å². The first kappa shape index (κ1) is 23.6. The number of ether oxygens (including phenoxy) is 1. The zero-order chi connectivity index (χ0) is 23.7. The van der Waals surface area contributed by atoms with Gasteiger partial charge in [-0.1, -0.05) is 35.9 Å². The van der Waals surface area contributed by atoms with Crippen molar-refractivity contribution in [2.75, 3.05) is 11.9 Å². The molecule has 2 aromatic rings. The number of nitrogens with one attached hydrogen (secondary N) is 1. The first-order valence-corrected chi connectivity index (χ1v) is 9.57. The fourth-order valence-corrected chi connectivity index (χ4v) is 3.62. The highest BCUT2D eigenvalue weighted by atomic mass is 35.5. The molecule has 1 unspecified atom stereocenters. The van der Waals surface area contributed by atoms with Crippen LogP contribution in [-0.4, -0.2) is 46.9 Å². The Morgan fingerprint density at radius 3 is 2.47 bits per heavy atom. The van der Waals surface area contributed by atoms with Gasteiger partial charge in [0.15, 0.2) is 0 Å². The lowest BCUT2D eigenvalue weighted by atomic mass is 9.98. The number of amides is 2. The fourth-order valence-electron chi connectivity index (χ4n) is 3.34. The van der Waals surface area contributed by atoms with Gasteiger partial charge >= 0.3 is 12.5 Å². The fraction of sp³-hybridized carbons (Fsp3) is 0.300. The van der Waals surface area contributed by atoms with E-state index in [-0.39, 0.29) is 21.8 Å². The number of anilines is 1. The number of carbonyl (C=O) groups is 2. The van der Waals surface area contributed by atoms with Crippen LogP contribution in [0.15, 0.2) is 42.5 Å². The van der Waals surface area contributed by atoms with E-state index in [1.807, 2.05) is 0 Å². The molecule has 0 aromatic heterocycles. The Labute approximate surface area is 183 Å². The lowest BCUT2D eigenvalue weighted by Crippen LogP contribution is -2.54. The summed E-state index contributed by atoms with van der Waals surface area (Å²) in [6.45, 7) is -0.504. The monoisotopic (exact) mass is 478 g/mol. The number of likely N-dealkylation sites (tertiary alicyclic amines) is 1. The third-order valence-corrected chi connectivity index (χ3v) is 5.09. The highest BCUT2D eigenvalue weighted by Crippen LogP contribution is 2.38. The molecule has 3 rings (SSSR count). The molecule has 172 valence electrons. The molecule has 0 spiro atoms. The van der Waals surface area contributed by atoms with Gasteiger partial charge in [0, 0.05) is 36.2 Å². The van der Waals surface area contributed by atoms with Gasteiger partial charge in [-0.15, -0.1) is 13.2 Å². The summed E-state index contributed by atoms with van der Waals surface area (Å²) in [5.74, 6) is -4.66. The van der Waals surface area contributed by atoms with E-state index in [1.165, 1.54) is 36.4 Å². The zero-order valence-electron chi connectivity index (χ0n) is 16.1. The van der Waals surface area contributed by atoms with E-state index >= 15 is 0 Å². The number of hydrogen-bond donors (Lipinski definition) is 2. The largest absolute Gasteiger partial charge is 0.573 e. The molecule has 2 N–H and O–H groups in total. The van der Waals surface area contributed by atoms with Gasteiger partial charge in [-0.05, 0) is 18.2 Å². The minimum absolute atomic E-state index is 0.0386. The van der Waals surface area contributed by atoms with Crippen LogP contribution < -0.4 is 10.1 Å². The van der Waals surface area contributed by atoms with Crippen LogP contribution >= 0.6 is 11.6 Å². The van der Waals surface area contributed by atoms with E-state index < -0.39 is 55.5 Å². The van der Waals surface area contributed by atoms with Crippen molar-refractivity contribution in [2.45, 2.75) is 31.2 Å². The molecular formula is C20H16ClF5N2O4. The van der Waals surface area contributed by atoms with Crippen LogP contribution in [0.2, 0.25) is 5.02 Å². The first-order chi connectivity index (χ1) is 14.9. The maximum Gasteiger partial charge on any atom is 0.573 e. The smallest absolute Gasteiger partial charge is 0.465 e. The molecule has 1 fully saturated rings. The van der Waals surface area contributed by atoms with Crippen LogP contribution in [0.1, 0.15) is 12.8 Å². The molecule has 0 bridgehead atoms. The van der Waals surface area contributed by atoms with Crippen LogP contribution in [0.5, 0.6) is 5.75 Å². The van der Waals surface area contributed by atoms with Crippen molar-refractivity contribution in [1.29, 1.82) is 0 Å². The number of para-hydroxylation sites is 1. The van der Waals surface area contributed by atoms with Gasteiger partial charge in [0.25, 0.3) is 5.92 Å². The number of benzene rings is 2. The molecule has 0 saturated carbocycles. The Kier molecular flexibility index (Phi) is 6.49. The summed E-state index contributed by atoms with van der Waals surface area (Å²) in [6.07, 6.45) is -8.09. The summed E-state index contributed by atoms with van der Waals surface area (Å²) in [6, 6.07) is 7.52. The minimum atomic E-state index is -4.92. The van der Waals surface area contributed by atoms with Gasteiger partial charge < -0.3 is 15.2 Å². The summed E-state index contributed by atoms with van der Waals surface area (Å²) in [5.41, 5.74) is 0.259. The van der Waals surface area contributed by atoms with Crippen molar-refractivity contribution in [3.05, 3.63) is 47.5 Å². The Morgan fingerprint density at radius 1 is 1.16 bits per heavy atom. The van der Waals surface area contributed by atoms with E-state index in [1.54, 1.807) is 0 Å². The van der Waals surface area contributed by atoms with Crippen molar-refractivity contribution in [1.82, 2.24) is 4.90 Å². The second-order valence-electron chi connectivity index (χ2n) is 7.03.